The number of carbonyl (C=O) groups excluding carboxylic acids is 1. The second kappa shape index (κ2) is 5.18. The summed E-state index contributed by atoms with van der Waals surface area (Å²) in [5, 5.41) is 8.40. The Balaban J connectivity index is 2.16. The summed E-state index contributed by atoms with van der Waals surface area (Å²) in [6, 6.07) is 5.56. The highest BCUT2D eigenvalue weighted by molar-refractivity contribution is 7.13. The number of anilines is 2. The molecule has 0 saturated heterocycles. The smallest absolute Gasteiger partial charge is 0.257 e. The van der Waals surface area contributed by atoms with Gasteiger partial charge in [-0.1, -0.05) is 0 Å². The number of rotatable bonds is 3. The van der Waals surface area contributed by atoms with Crippen molar-refractivity contribution in [3.63, 3.8) is 0 Å². The third kappa shape index (κ3) is 2.68. The van der Waals surface area contributed by atoms with Crippen LogP contribution in [0.5, 0.6) is 0 Å². The minimum absolute atomic E-state index is 0.130. The van der Waals surface area contributed by atoms with Crippen molar-refractivity contribution in [2.75, 3.05) is 17.7 Å². The van der Waals surface area contributed by atoms with Gasteiger partial charge in [0.05, 0.1) is 5.69 Å². The van der Waals surface area contributed by atoms with Gasteiger partial charge >= 0.3 is 0 Å². The Bertz CT molecular complexity index is 577. The molecule has 0 aliphatic rings. The van der Waals surface area contributed by atoms with Crippen molar-refractivity contribution in [2.45, 2.75) is 13.8 Å². The fourth-order valence-corrected chi connectivity index (χ4v) is 2.35. The van der Waals surface area contributed by atoms with E-state index in [4.69, 9.17) is 0 Å². The maximum absolute atomic E-state index is 12.0. The molecule has 1 heterocycles. The summed E-state index contributed by atoms with van der Waals surface area (Å²) in [6.45, 7) is 3.87. The van der Waals surface area contributed by atoms with Crippen molar-refractivity contribution < 1.29 is 4.79 Å². The predicted molar refractivity (Wildman–Crippen MR) is 75.5 cm³/mol. The summed E-state index contributed by atoms with van der Waals surface area (Å²) in [5.74, 6) is -0.130. The number of carbonyl (C=O) groups is 1. The van der Waals surface area contributed by atoms with Gasteiger partial charge in [0.15, 0.2) is 5.13 Å². The SMILES string of the molecule is CNc1ccc(C(=O)Nc2nc(C)cs2)cc1C. The molecule has 1 aromatic heterocycles. The first-order valence-corrected chi connectivity index (χ1v) is 6.50. The minimum Gasteiger partial charge on any atom is -0.388 e. The van der Waals surface area contributed by atoms with Gasteiger partial charge in [-0.3, -0.25) is 10.1 Å². The van der Waals surface area contributed by atoms with E-state index in [1.807, 2.05) is 38.4 Å². The molecular weight excluding hydrogens is 246 g/mol. The Morgan fingerprint density at radius 3 is 2.67 bits per heavy atom. The molecule has 1 amide bonds. The highest BCUT2D eigenvalue weighted by Crippen LogP contribution is 2.18. The lowest BCUT2D eigenvalue weighted by molar-refractivity contribution is 0.102. The number of nitrogens with zero attached hydrogens (tertiary/aromatic N) is 1. The van der Waals surface area contributed by atoms with E-state index in [1.165, 1.54) is 11.3 Å². The summed E-state index contributed by atoms with van der Waals surface area (Å²) in [6.07, 6.45) is 0. The van der Waals surface area contributed by atoms with Gasteiger partial charge in [0.2, 0.25) is 0 Å². The zero-order valence-electron chi connectivity index (χ0n) is 10.6. The Morgan fingerprint density at radius 2 is 2.11 bits per heavy atom. The molecule has 0 aliphatic heterocycles. The molecule has 94 valence electrons. The van der Waals surface area contributed by atoms with E-state index in [9.17, 15) is 4.79 Å². The van der Waals surface area contributed by atoms with Crippen LogP contribution in [-0.4, -0.2) is 17.9 Å². The molecule has 0 aliphatic carbocycles. The number of aromatic nitrogens is 1. The average Bonchev–Trinajstić information content (AvgIpc) is 2.74. The number of hydrogen-bond donors (Lipinski definition) is 2. The fourth-order valence-electron chi connectivity index (χ4n) is 1.67. The van der Waals surface area contributed by atoms with Crippen LogP contribution in [-0.2, 0) is 0 Å². The molecule has 2 aromatic rings. The summed E-state index contributed by atoms with van der Waals surface area (Å²) in [5.41, 5.74) is 3.62. The van der Waals surface area contributed by atoms with Crippen molar-refractivity contribution in [2.24, 2.45) is 0 Å². The van der Waals surface area contributed by atoms with E-state index in [-0.39, 0.29) is 5.91 Å². The van der Waals surface area contributed by atoms with Gasteiger partial charge in [-0.05, 0) is 37.6 Å². The van der Waals surface area contributed by atoms with Gasteiger partial charge in [-0.15, -0.1) is 11.3 Å². The lowest BCUT2D eigenvalue weighted by Crippen LogP contribution is -2.12. The van der Waals surface area contributed by atoms with E-state index >= 15 is 0 Å². The lowest BCUT2D eigenvalue weighted by atomic mass is 10.1. The maximum atomic E-state index is 12.0. The minimum atomic E-state index is -0.130. The van der Waals surface area contributed by atoms with Crippen molar-refractivity contribution in [1.29, 1.82) is 0 Å². The average molecular weight is 261 g/mol. The van der Waals surface area contributed by atoms with Crippen molar-refractivity contribution >= 4 is 28.1 Å². The molecule has 2 rings (SSSR count). The molecule has 0 spiro atoms. The maximum Gasteiger partial charge on any atom is 0.257 e. The standard InChI is InChI=1S/C13H15N3OS/c1-8-6-10(4-5-11(8)14-3)12(17)16-13-15-9(2)7-18-13/h4-7,14H,1-3H3,(H,15,16,17). The molecule has 0 radical (unpaired) electrons. The van der Waals surface area contributed by atoms with E-state index < -0.39 is 0 Å². The Morgan fingerprint density at radius 1 is 1.33 bits per heavy atom. The summed E-state index contributed by atoms with van der Waals surface area (Å²) < 4.78 is 0. The number of amides is 1. The van der Waals surface area contributed by atoms with Crippen LogP contribution < -0.4 is 10.6 Å². The molecule has 5 heteroatoms. The molecule has 4 nitrogen and oxygen atoms in total. The molecule has 2 N–H and O–H groups in total. The number of nitrogens with one attached hydrogen (secondary N) is 2. The molecule has 0 atom stereocenters. The largest absolute Gasteiger partial charge is 0.388 e. The molecule has 1 aromatic carbocycles. The first-order chi connectivity index (χ1) is 8.60. The number of aryl methyl sites for hydroxylation is 2. The molecule has 0 unspecified atom stereocenters. The second-order valence-corrected chi connectivity index (χ2v) is 4.89. The van der Waals surface area contributed by atoms with Gasteiger partial charge in [-0.25, -0.2) is 4.98 Å². The van der Waals surface area contributed by atoms with Crippen molar-refractivity contribution in [3.8, 4) is 0 Å². The highest BCUT2D eigenvalue weighted by atomic mass is 32.1. The van der Waals surface area contributed by atoms with Crippen LogP contribution in [0.3, 0.4) is 0 Å². The van der Waals surface area contributed by atoms with E-state index in [0.717, 1.165) is 16.9 Å². The van der Waals surface area contributed by atoms with Gasteiger partial charge < -0.3 is 5.32 Å². The van der Waals surface area contributed by atoms with Crippen LogP contribution in [0.25, 0.3) is 0 Å². The van der Waals surface area contributed by atoms with Crippen LogP contribution in [0.15, 0.2) is 23.6 Å². The highest BCUT2D eigenvalue weighted by Gasteiger charge is 2.09. The Labute approximate surface area is 110 Å². The molecular formula is C13H15N3OS. The number of thiazole rings is 1. The number of hydrogen-bond acceptors (Lipinski definition) is 4. The van der Waals surface area contributed by atoms with E-state index in [0.29, 0.717) is 10.7 Å². The summed E-state index contributed by atoms with van der Waals surface area (Å²) >= 11 is 1.43. The Hall–Kier alpha value is -1.88. The van der Waals surface area contributed by atoms with Gasteiger partial charge in [0.1, 0.15) is 0 Å². The fraction of sp³-hybridized carbons (Fsp3) is 0.231. The zero-order valence-corrected chi connectivity index (χ0v) is 11.4. The first-order valence-electron chi connectivity index (χ1n) is 5.62. The van der Waals surface area contributed by atoms with Crippen LogP contribution in [0.4, 0.5) is 10.8 Å². The number of benzene rings is 1. The van der Waals surface area contributed by atoms with E-state index in [2.05, 4.69) is 15.6 Å². The summed E-state index contributed by atoms with van der Waals surface area (Å²) in [7, 11) is 1.86. The first kappa shape index (κ1) is 12.6. The van der Waals surface area contributed by atoms with Crippen LogP contribution in [0, 0.1) is 13.8 Å². The second-order valence-electron chi connectivity index (χ2n) is 4.03. The third-order valence-electron chi connectivity index (χ3n) is 2.60. The van der Waals surface area contributed by atoms with Crippen molar-refractivity contribution in [1.82, 2.24) is 4.98 Å². The molecule has 0 saturated carbocycles. The van der Waals surface area contributed by atoms with Crippen LogP contribution in [0.2, 0.25) is 0 Å². The van der Waals surface area contributed by atoms with Crippen molar-refractivity contribution in [3.05, 3.63) is 40.4 Å². The lowest BCUT2D eigenvalue weighted by Gasteiger charge is -2.07. The summed E-state index contributed by atoms with van der Waals surface area (Å²) in [4.78, 5) is 16.2. The van der Waals surface area contributed by atoms with Gasteiger partial charge in [-0.2, -0.15) is 0 Å². The molecule has 0 fully saturated rings. The zero-order chi connectivity index (χ0) is 13.1. The van der Waals surface area contributed by atoms with E-state index in [1.54, 1.807) is 6.07 Å². The Kier molecular flexibility index (Phi) is 3.62. The van der Waals surface area contributed by atoms with Crippen LogP contribution in [0.1, 0.15) is 21.6 Å². The topological polar surface area (TPSA) is 54.0 Å². The van der Waals surface area contributed by atoms with Gasteiger partial charge in [0, 0.05) is 23.7 Å². The molecule has 18 heavy (non-hydrogen) atoms. The van der Waals surface area contributed by atoms with Crippen LogP contribution >= 0.6 is 11.3 Å². The quantitative estimate of drug-likeness (QED) is 0.892. The molecule has 0 bridgehead atoms. The van der Waals surface area contributed by atoms with Gasteiger partial charge in [0.25, 0.3) is 5.91 Å². The predicted octanol–water partition coefficient (Wildman–Crippen LogP) is 3.05. The third-order valence-corrected chi connectivity index (χ3v) is 3.47. The monoisotopic (exact) mass is 261 g/mol. The normalized spacial score (nSPS) is 10.2.